The van der Waals surface area contributed by atoms with Gasteiger partial charge in [-0.05, 0) is 48.4 Å². The van der Waals surface area contributed by atoms with Gasteiger partial charge in [-0.1, -0.05) is 78.7 Å². The van der Waals surface area contributed by atoms with E-state index in [1.807, 2.05) is 56.3 Å². The number of esters is 1. The SMILES string of the molecule is CC(C)[C@@H](C(=O)CCCCCc1ccc(Br)cc1)C(=O)OCc1ccccc1. The van der Waals surface area contributed by atoms with Crippen molar-refractivity contribution in [2.45, 2.75) is 52.6 Å². The third-order valence-electron chi connectivity index (χ3n) is 4.79. The Morgan fingerprint density at radius 3 is 2.21 bits per heavy atom. The molecule has 2 aromatic rings. The predicted molar refractivity (Wildman–Crippen MR) is 116 cm³/mol. The molecular weight excluding hydrogens is 416 g/mol. The van der Waals surface area contributed by atoms with E-state index in [1.54, 1.807) is 0 Å². The second-order valence-corrected chi connectivity index (χ2v) is 8.38. The van der Waals surface area contributed by atoms with Gasteiger partial charge in [0.15, 0.2) is 0 Å². The van der Waals surface area contributed by atoms with Gasteiger partial charge in [0.1, 0.15) is 18.3 Å². The van der Waals surface area contributed by atoms with Crippen LogP contribution in [0.3, 0.4) is 0 Å². The van der Waals surface area contributed by atoms with E-state index in [4.69, 9.17) is 4.74 Å². The number of ketones is 1. The summed E-state index contributed by atoms with van der Waals surface area (Å²) in [6.07, 6.45) is 4.27. The lowest BCUT2D eigenvalue weighted by atomic mass is 9.89. The van der Waals surface area contributed by atoms with Crippen molar-refractivity contribution in [3.63, 3.8) is 0 Å². The van der Waals surface area contributed by atoms with Gasteiger partial charge >= 0.3 is 5.97 Å². The summed E-state index contributed by atoms with van der Waals surface area (Å²) < 4.78 is 6.49. The summed E-state index contributed by atoms with van der Waals surface area (Å²) >= 11 is 3.44. The first kappa shape index (κ1) is 22.4. The maximum absolute atomic E-state index is 12.6. The summed E-state index contributed by atoms with van der Waals surface area (Å²) in [5.41, 5.74) is 2.23. The van der Waals surface area contributed by atoms with Gasteiger partial charge in [-0.3, -0.25) is 9.59 Å². The fraction of sp³-hybridized carbons (Fsp3) is 0.417. The molecule has 0 fully saturated rings. The highest BCUT2D eigenvalue weighted by molar-refractivity contribution is 9.10. The van der Waals surface area contributed by atoms with Crippen LogP contribution >= 0.6 is 15.9 Å². The van der Waals surface area contributed by atoms with E-state index < -0.39 is 11.9 Å². The molecule has 3 nitrogen and oxygen atoms in total. The van der Waals surface area contributed by atoms with E-state index >= 15 is 0 Å². The topological polar surface area (TPSA) is 43.4 Å². The third-order valence-corrected chi connectivity index (χ3v) is 5.32. The number of ether oxygens (including phenoxy) is 1. The van der Waals surface area contributed by atoms with Gasteiger partial charge in [-0.25, -0.2) is 0 Å². The summed E-state index contributed by atoms with van der Waals surface area (Å²) in [6.45, 7) is 4.02. The molecule has 0 amide bonds. The largest absolute Gasteiger partial charge is 0.460 e. The molecule has 4 heteroatoms. The van der Waals surface area contributed by atoms with Gasteiger partial charge < -0.3 is 4.74 Å². The monoisotopic (exact) mass is 444 g/mol. The van der Waals surface area contributed by atoms with Gasteiger partial charge in [0.05, 0.1) is 0 Å². The molecule has 0 unspecified atom stereocenters. The lowest BCUT2D eigenvalue weighted by Gasteiger charge is -2.18. The van der Waals surface area contributed by atoms with Crippen LogP contribution in [0.2, 0.25) is 0 Å². The molecule has 0 saturated carbocycles. The highest BCUT2D eigenvalue weighted by Gasteiger charge is 2.30. The minimum absolute atomic E-state index is 0.00305. The number of halogens is 1. The fourth-order valence-electron chi connectivity index (χ4n) is 3.21. The molecule has 0 heterocycles. The Kier molecular flexibility index (Phi) is 9.42. The summed E-state index contributed by atoms with van der Waals surface area (Å²) in [5, 5.41) is 0. The highest BCUT2D eigenvalue weighted by Crippen LogP contribution is 2.19. The predicted octanol–water partition coefficient (Wildman–Crippen LogP) is 6.14. The van der Waals surface area contributed by atoms with E-state index in [0.717, 1.165) is 35.7 Å². The van der Waals surface area contributed by atoms with E-state index in [-0.39, 0.29) is 18.3 Å². The molecule has 0 radical (unpaired) electrons. The lowest BCUT2D eigenvalue weighted by Crippen LogP contribution is -2.30. The first-order valence-corrected chi connectivity index (χ1v) is 10.7. The third kappa shape index (κ3) is 7.59. The number of carbonyl (C=O) groups is 2. The molecule has 0 N–H and O–H groups in total. The Hall–Kier alpha value is -1.94. The molecule has 0 spiro atoms. The summed E-state index contributed by atoms with van der Waals surface area (Å²) in [6, 6.07) is 17.9. The zero-order chi connectivity index (χ0) is 20.4. The molecule has 0 saturated heterocycles. The van der Waals surface area contributed by atoms with Crippen LogP contribution in [0.25, 0.3) is 0 Å². The fourth-order valence-corrected chi connectivity index (χ4v) is 3.47. The number of carbonyl (C=O) groups excluding carboxylic acids is 2. The van der Waals surface area contributed by atoms with Gasteiger partial charge in [0, 0.05) is 10.9 Å². The minimum atomic E-state index is -0.671. The first-order valence-electron chi connectivity index (χ1n) is 9.95. The van der Waals surface area contributed by atoms with Crippen LogP contribution in [0.4, 0.5) is 0 Å². The van der Waals surface area contributed by atoms with E-state index in [9.17, 15) is 9.59 Å². The highest BCUT2D eigenvalue weighted by atomic mass is 79.9. The molecule has 1 atom stereocenters. The lowest BCUT2D eigenvalue weighted by molar-refractivity contribution is -0.155. The second kappa shape index (κ2) is 11.8. The van der Waals surface area contributed by atoms with Crippen molar-refractivity contribution < 1.29 is 14.3 Å². The van der Waals surface area contributed by atoms with Crippen molar-refractivity contribution in [3.05, 3.63) is 70.2 Å². The van der Waals surface area contributed by atoms with Crippen molar-refractivity contribution in [1.82, 2.24) is 0 Å². The molecule has 150 valence electrons. The Morgan fingerprint density at radius 1 is 0.893 bits per heavy atom. The Labute approximate surface area is 176 Å². The number of Topliss-reactive ketones (excluding diaryl/α,β-unsaturated/α-hetero) is 1. The zero-order valence-corrected chi connectivity index (χ0v) is 18.3. The molecule has 28 heavy (non-hydrogen) atoms. The van der Waals surface area contributed by atoms with Crippen molar-refractivity contribution in [2.75, 3.05) is 0 Å². The molecule has 0 bridgehead atoms. The van der Waals surface area contributed by atoms with Crippen molar-refractivity contribution >= 4 is 27.7 Å². The van der Waals surface area contributed by atoms with Crippen LogP contribution in [0.5, 0.6) is 0 Å². The van der Waals surface area contributed by atoms with Crippen LogP contribution in [0.15, 0.2) is 59.1 Å². The maximum Gasteiger partial charge on any atom is 0.317 e. The van der Waals surface area contributed by atoms with Crippen LogP contribution in [-0.2, 0) is 27.4 Å². The Morgan fingerprint density at radius 2 is 1.57 bits per heavy atom. The number of hydrogen-bond acceptors (Lipinski definition) is 3. The molecule has 0 aliphatic carbocycles. The Balaban J connectivity index is 1.73. The number of hydrogen-bond donors (Lipinski definition) is 0. The van der Waals surface area contributed by atoms with Crippen molar-refractivity contribution in [3.8, 4) is 0 Å². The molecule has 0 aliphatic rings. The zero-order valence-electron chi connectivity index (χ0n) is 16.7. The van der Waals surface area contributed by atoms with Crippen molar-refractivity contribution in [2.24, 2.45) is 11.8 Å². The molecular formula is C24H29BrO3. The Bertz CT molecular complexity index is 738. The smallest absolute Gasteiger partial charge is 0.317 e. The number of benzene rings is 2. The van der Waals surface area contributed by atoms with Crippen LogP contribution in [-0.4, -0.2) is 11.8 Å². The van der Waals surface area contributed by atoms with E-state index in [1.165, 1.54) is 5.56 Å². The van der Waals surface area contributed by atoms with Crippen molar-refractivity contribution in [1.29, 1.82) is 0 Å². The van der Waals surface area contributed by atoms with Gasteiger partial charge in [-0.2, -0.15) is 0 Å². The standard InChI is InChI=1S/C24H29BrO3/c1-18(2)23(24(27)28-17-20-10-6-3-7-11-20)22(26)12-8-4-5-9-19-13-15-21(25)16-14-19/h3,6-7,10-11,13-16,18,23H,4-5,8-9,12,17H2,1-2H3/t23-/m0/s1. The minimum Gasteiger partial charge on any atom is -0.460 e. The molecule has 0 aliphatic heterocycles. The summed E-state index contributed by atoms with van der Waals surface area (Å²) in [5.74, 6) is -1.14. The number of rotatable bonds is 11. The molecule has 0 aromatic heterocycles. The maximum atomic E-state index is 12.6. The van der Waals surface area contributed by atoms with E-state index in [0.29, 0.717) is 6.42 Å². The van der Waals surface area contributed by atoms with Crippen LogP contribution < -0.4 is 0 Å². The van der Waals surface area contributed by atoms with E-state index in [2.05, 4.69) is 28.1 Å². The number of unbranched alkanes of at least 4 members (excludes halogenated alkanes) is 2. The molecule has 2 rings (SSSR count). The second-order valence-electron chi connectivity index (χ2n) is 7.47. The quantitative estimate of drug-likeness (QED) is 0.237. The van der Waals surface area contributed by atoms with Gasteiger partial charge in [0.2, 0.25) is 0 Å². The van der Waals surface area contributed by atoms with Crippen LogP contribution in [0, 0.1) is 11.8 Å². The summed E-state index contributed by atoms with van der Waals surface area (Å²) in [4.78, 5) is 25.1. The van der Waals surface area contributed by atoms with Crippen LogP contribution in [0.1, 0.15) is 50.7 Å². The summed E-state index contributed by atoms with van der Waals surface area (Å²) in [7, 11) is 0. The average Bonchev–Trinajstić information content (AvgIpc) is 2.68. The number of aryl methyl sites for hydroxylation is 1. The van der Waals surface area contributed by atoms with Gasteiger partial charge in [0.25, 0.3) is 0 Å². The van der Waals surface area contributed by atoms with Gasteiger partial charge in [-0.15, -0.1) is 0 Å². The normalized spacial score (nSPS) is 12.0. The molecule has 2 aromatic carbocycles. The first-order chi connectivity index (χ1) is 13.5. The average molecular weight is 445 g/mol.